The summed E-state index contributed by atoms with van der Waals surface area (Å²) in [6.07, 6.45) is -2.94. The summed E-state index contributed by atoms with van der Waals surface area (Å²) in [5.74, 6) is 0.518. The Labute approximate surface area is 122 Å². The van der Waals surface area contributed by atoms with Crippen LogP contribution in [0.4, 0.5) is 13.2 Å². The van der Waals surface area contributed by atoms with Crippen LogP contribution in [0.15, 0.2) is 18.2 Å². The van der Waals surface area contributed by atoms with Crippen molar-refractivity contribution < 1.29 is 22.6 Å². The molecule has 0 bridgehead atoms. The van der Waals surface area contributed by atoms with Gasteiger partial charge < -0.3 is 9.47 Å². The molecule has 0 atom stereocenters. The lowest BCUT2D eigenvalue weighted by Gasteiger charge is -2.26. The number of rotatable bonds is 5. The van der Waals surface area contributed by atoms with Crippen molar-refractivity contribution in [3.63, 3.8) is 0 Å². The van der Waals surface area contributed by atoms with E-state index in [1.54, 1.807) is 0 Å². The van der Waals surface area contributed by atoms with Gasteiger partial charge in [0.2, 0.25) is 0 Å². The Morgan fingerprint density at radius 1 is 1.24 bits per heavy atom. The van der Waals surface area contributed by atoms with Crippen LogP contribution in [-0.4, -0.2) is 44.9 Å². The van der Waals surface area contributed by atoms with Crippen LogP contribution in [0.5, 0.6) is 5.75 Å². The third-order valence-electron chi connectivity index (χ3n) is 3.63. The lowest BCUT2D eigenvalue weighted by molar-refractivity contribution is -0.137. The molecular weight excluding hydrogens is 283 g/mol. The number of hydrogen-bond donors (Lipinski definition) is 0. The number of morpholine rings is 1. The van der Waals surface area contributed by atoms with E-state index in [1.165, 1.54) is 19.2 Å². The van der Waals surface area contributed by atoms with Crippen molar-refractivity contribution >= 4 is 0 Å². The van der Waals surface area contributed by atoms with E-state index in [4.69, 9.17) is 9.47 Å². The molecule has 0 radical (unpaired) electrons. The quantitative estimate of drug-likeness (QED) is 0.835. The first-order valence-corrected chi connectivity index (χ1v) is 7.05. The number of benzene rings is 1. The first kappa shape index (κ1) is 16.1. The molecule has 1 aliphatic heterocycles. The molecule has 1 aromatic rings. The lowest BCUT2D eigenvalue weighted by Crippen LogP contribution is -2.36. The molecule has 0 amide bonds. The fourth-order valence-electron chi connectivity index (χ4n) is 2.47. The van der Waals surface area contributed by atoms with Crippen LogP contribution < -0.4 is 4.74 Å². The molecule has 1 heterocycles. The van der Waals surface area contributed by atoms with E-state index in [0.717, 1.165) is 45.3 Å². The van der Waals surface area contributed by atoms with Gasteiger partial charge in [0.25, 0.3) is 0 Å². The standard InChI is InChI=1S/C15H20F3NO2/c1-20-14-5-4-13(15(16,17)18)11-12(14)3-2-6-19-7-9-21-10-8-19/h4-5,11H,2-3,6-10H2,1H3. The Balaban J connectivity index is 1.96. The van der Waals surface area contributed by atoms with Crippen molar-refractivity contribution in [2.24, 2.45) is 0 Å². The number of nitrogens with zero attached hydrogens (tertiary/aromatic N) is 1. The molecule has 118 valence electrons. The topological polar surface area (TPSA) is 21.7 Å². The molecule has 0 aromatic heterocycles. The summed E-state index contributed by atoms with van der Waals surface area (Å²) in [5, 5.41) is 0. The third kappa shape index (κ3) is 4.61. The Morgan fingerprint density at radius 2 is 1.95 bits per heavy atom. The molecule has 21 heavy (non-hydrogen) atoms. The lowest BCUT2D eigenvalue weighted by atomic mass is 10.0. The Hall–Kier alpha value is -1.27. The van der Waals surface area contributed by atoms with E-state index < -0.39 is 11.7 Å². The molecule has 3 nitrogen and oxygen atoms in total. The second-order valence-corrected chi connectivity index (χ2v) is 5.08. The van der Waals surface area contributed by atoms with Crippen LogP contribution in [0.3, 0.4) is 0 Å². The molecule has 6 heteroatoms. The largest absolute Gasteiger partial charge is 0.496 e. The van der Waals surface area contributed by atoms with E-state index in [2.05, 4.69) is 4.90 Å². The van der Waals surface area contributed by atoms with Gasteiger partial charge in [-0.3, -0.25) is 4.90 Å². The zero-order chi connectivity index (χ0) is 15.3. The molecule has 0 N–H and O–H groups in total. The molecule has 2 rings (SSSR count). The van der Waals surface area contributed by atoms with Gasteiger partial charge >= 0.3 is 6.18 Å². The summed E-state index contributed by atoms with van der Waals surface area (Å²) < 4.78 is 48.7. The summed E-state index contributed by atoms with van der Waals surface area (Å²) >= 11 is 0. The zero-order valence-corrected chi connectivity index (χ0v) is 12.1. The van der Waals surface area contributed by atoms with Gasteiger partial charge in [-0.1, -0.05) is 0 Å². The van der Waals surface area contributed by atoms with E-state index in [-0.39, 0.29) is 0 Å². The highest BCUT2D eigenvalue weighted by Gasteiger charge is 2.31. The number of methoxy groups -OCH3 is 1. The van der Waals surface area contributed by atoms with Gasteiger partial charge in [0.05, 0.1) is 25.9 Å². The van der Waals surface area contributed by atoms with Crippen molar-refractivity contribution in [3.05, 3.63) is 29.3 Å². The van der Waals surface area contributed by atoms with Crippen LogP contribution in [0, 0.1) is 0 Å². The van der Waals surface area contributed by atoms with E-state index in [9.17, 15) is 13.2 Å². The predicted octanol–water partition coefficient (Wildman–Crippen LogP) is 2.98. The number of alkyl halides is 3. The average Bonchev–Trinajstić information content (AvgIpc) is 2.47. The van der Waals surface area contributed by atoms with Crippen LogP contribution in [0.25, 0.3) is 0 Å². The number of ether oxygens (including phenoxy) is 2. The summed E-state index contributed by atoms with van der Waals surface area (Å²) in [5.41, 5.74) is -0.00902. The predicted molar refractivity (Wildman–Crippen MR) is 73.6 cm³/mol. The Kier molecular flexibility index (Phi) is 5.47. The zero-order valence-electron chi connectivity index (χ0n) is 12.1. The van der Waals surface area contributed by atoms with Gasteiger partial charge in [0.1, 0.15) is 5.75 Å². The smallest absolute Gasteiger partial charge is 0.416 e. The van der Waals surface area contributed by atoms with Crippen LogP contribution in [0.1, 0.15) is 17.5 Å². The van der Waals surface area contributed by atoms with E-state index >= 15 is 0 Å². The minimum absolute atomic E-state index is 0.518. The van der Waals surface area contributed by atoms with Crippen LogP contribution in [-0.2, 0) is 17.3 Å². The maximum atomic E-state index is 12.8. The fourth-order valence-corrected chi connectivity index (χ4v) is 2.47. The molecule has 0 unspecified atom stereocenters. The summed E-state index contributed by atoms with van der Waals surface area (Å²) in [6, 6.07) is 3.65. The third-order valence-corrected chi connectivity index (χ3v) is 3.63. The fraction of sp³-hybridized carbons (Fsp3) is 0.600. The molecule has 1 fully saturated rings. The van der Waals surface area contributed by atoms with Crippen molar-refractivity contribution in [3.8, 4) is 5.75 Å². The number of halogens is 3. The van der Waals surface area contributed by atoms with Gasteiger partial charge in [-0.05, 0) is 43.1 Å². The van der Waals surface area contributed by atoms with Gasteiger partial charge in [-0.15, -0.1) is 0 Å². The van der Waals surface area contributed by atoms with Gasteiger partial charge in [-0.25, -0.2) is 0 Å². The minimum atomic E-state index is -4.31. The normalized spacial score (nSPS) is 17.0. The van der Waals surface area contributed by atoms with Crippen molar-refractivity contribution in [1.82, 2.24) is 4.90 Å². The highest BCUT2D eigenvalue weighted by atomic mass is 19.4. The minimum Gasteiger partial charge on any atom is -0.496 e. The van der Waals surface area contributed by atoms with Crippen LogP contribution in [0.2, 0.25) is 0 Å². The molecule has 0 spiro atoms. The maximum absolute atomic E-state index is 12.8. The molecule has 0 aliphatic carbocycles. The van der Waals surface area contributed by atoms with E-state index in [1.807, 2.05) is 0 Å². The number of aryl methyl sites for hydroxylation is 1. The Bertz CT molecular complexity index is 457. The summed E-state index contributed by atoms with van der Waals surface area (Å²) in [6.45, 7) is 4.10. The number of hydrogen-bond acceptors (Lipinski definition) is 3. The second-order valence-electron chi connectivity index (χ2n) is 5.08. The van der Waals surface area contributed by atoms with Crippen molar-refractivity contribution in [2.75, 3.05) is 40.0 Å². The molecule has 1 saturated heterocycles. The second kappa shape index (κ2) is 7.13. The maximum Gasteiger partial charge on any atom is 0.416 e. The van der Waals surface area contributed by atoms with E-state index in [0.29, 0.717) is 17.7 Å². The van der Waals surface area contributed by atoms with Crippen molar-refractivity contribution in [1.29, 1.82) is 0 Å². The molecule has 1 aromatic carbocycles. The average molecular weight is 303 g/mol. The SMILES string of the molecule is COc1ccc(C(F)(F)F)cc1CCCN1CCOCC1. The van der Waals surface area contributed by atoms with Crippen molar-refractivity contribution in [2.45, 2.75) is 19.0 Å². The molecule has 0 saturated carbocycles. The first-order chi connectivity index (χ1) is 10.0. The molecule has 1 aliphatic rings. The highest BCUT2D eigenvalue weighted by Crippen LogP contribution is 2.32. The van der Waals surface area contributed by atoms with Crippen LogP contribution >= 0.6 is 0 Å². The Morgan fingerprint density at radius 3 is 2.57 bits per heavy atom. The highest BCUT2D eigenvalue weighted by molar-refractivity contribution is 5.38. The summed E-state index contributed by atoms with van der Waals surface area (Å²) in [7, 11) is 1.48. The summed E-state index contributed by atoms with van der Waals surface area (Å²) in [4.78, 5) is 2.27. The van der Waals surface area contributed by atoms with Gasteiger partial charge in [0.15, 0.2) is 0 Å². The van der Waals surface area contributed by atoms with Gasteiger partial charge in [0, 0.05) is 13.1 Å². The van der Waals surface area contributed by atoms with Gasteiger partial charge in [-0.2, -0.15) is 13.2 Å². The molecular formula is C15H20F3NO2. The first-order valence-electron chi connectivity index (χ1n) is 7.05. The monoisotopic (exact) mass is 303 g/mol.